The van der Waals surface area contributed by atoms with Gasteiger partial charge in [0.15, 0.2) is 0 Å². The minimum Gasteiger partial charge on any atom is -0.545 e. The highest BCUT2D eigenvalue weighted by Crippen LogP contribution is 2.21. The predicted molar refractivity (Wildman–Crippen MR) is 81.1 cm³/mol. The first-order valence-corrected chi connectivity index (χ1v) is 6.70. The molecule has 8 heteroatoms. The fourth-order valence-electron chi connectivity index (χ4n) is 1.47. The number of nitrogens with one attached hydrogen (secondary N) is 2. The van der Waals surface area contributed by atoms with Crippen molar-refractivity contribution in [2.24, 2.45) is 0 Å². The number of carbonyl (C=O) groups is 2. The number of ether oxygens (including phenoxy) is 1. The summed E-state index contributed by atoms with van der Waals surface area (Å²) in [5.74, 6) is -1.78. The van der Waals surface area contributed by atoms with Gasteiger partial charge >= 0.3 is 0 Å². The van der Waals surface area contributed by atoms with Gasteiger partial charge in [0.25, 0.3) is 5.91 Å². The minimum atomic E-state index is -1.36. The van der Waals surface area contributed by atoms with E-state index in [-0.39, 0.29) is 11.3 Å². The number of carboxylic acid groups (broad SMARTS) is 1. The van der Waals surface area contributed by atoms with E-state index in [1.807, 2.05) is 0 Å². The molecule has 21 heavy (non-hydrogen) atoms. The Hall–Kier alpha value is -1.86. The Bertz CT molecular complexity index is 577. The summed E-state index contributed by atoms with van der Waals surface area (Å²) < 4.78 is 4.72. The van der Waals surface area contributed by atoms with Crippen LogP contribution in [0.25, 0.3) is 0 Å². The number of halogens is 1. The summed E-state index contributed by atoms with van der Waals surface area (Å²) in [5, 5.41) is 16.6. The second-order valence-corrected chi connectivity index (χ2v) is 4.99. The average molecular weight is 330 g/mol. The van der Waals surface area contributed by atoms with Crippen molar-refractivity contribution in [1.82, 2.24) is 5.32 Å². The lowest BCUT2D eigenvalue weighted by molar-refractivity contribution is -0.254. The Morgan fingerprint density at radius 3 is 2.71 bits per heavy atom. The molecule has 1 aromatic carbocycles. The van der Waals surface area contributed by atoms with Gasteiger partial charge in [-0.3, -0.25) is 4.79 Å². The van der Waals surface area contributed by atoms with Gasteiger partial charge in [-0.1, -0.05) is 11.6 Å². The first-order chi connectivity index (χ1) is 9.85. The highest BCUT2D eigenvalue weighted by Gasteiger charge is 2.12. The zero-order valence-electron chi connectivity index (χ0n) is 11.3. The van der Waals surface area contributed by atoms with Crippen LogP contribution in [0.3, 0.4) is 0 Å². The van der Waals surface area contributed by atoms with E-state index in [0.717, 1.165) is 0 Å². The summed E-state index contributed by atoms with van der Waals surface area (Å²) in [4.78, 5) is 22.7. The summed E-state index contributed by atoms with van der Waals surface area (Å²) in [6.45, 7) is 1.56. The molecule has 1 atom stereocenters. The van der Waals surface area contributed by atoms with Gasteiger partial charge in [-0.05, 0) is 25.1 Å². The van der Waals surface area contributed by atoms with Crippen LogP contribution in [0.5, 0.6) is 0 Å². The Kier molecular flexibility index (Phi) is 6.39. The van der Waals surface area contributed by atoms with Crippen molar-refractivity contribution < 1.29 is 19.4 Å². The largest absolute Gasteiger partial charge is 0.545 e. The predicted octanol–water partition coefficient (Wildman–Crippen LogP) is 0.995. The molecule has 2 N–H and O–H groups in total. The number of anilines is 1. The molecule has 0 unspecified atom stereocenters. The van der Waals surface area contributed by atoms with E-state index < -0.39 is 17.4 Å². The number of carboxylic acids is 1. The first-order valence-electron chi connectivity index (χ1n) is 5.81. The number of amides is 1. The van der Waals surface area contributed by atoms with Crippen LogP contribution in [0.15, 0.2) is 30.0 Å². The number of aromatic carboxylic acids is 1. The number of hydrogen-bond acceptors (Lipinski definition) is 6. The quantitative estimate of drug-likeness (QED) is 0.313. The van der Waals surface area contributed by atoms with Crippen molar-refractivity contribution in [3.8, 4) is 0 Å². The Morgan fingerprint density at radius 2 is 2.14 bits per heavy atom. The van der Waals surface area contributed by atoms with Crippen molar-refractivity contribution in [2.75, 3.05) is 12.4 Å². The molecule has 114 valence electrons. The third kappa shape index (κ3) is 5.20. The number of methoxy groups -OCH3 is 1. The third-order valence-electron chi connectivity index (χ3n) is 2.41. The summed E-state index contributed by atoms with van der Waals surface area (Å²) in [5.41, 5.74) is -0.383. The molecule has 0 saturated heterocycles. The van der Waals surface area contributed by atoms with Gasteiger partial charge < -0.3 is 25.3 Å². The molecule has 1 amide bonds. The maximum Gasteiger partial charge on any atom is 0.252 e. The molecule has 0 radical (unpaired) electrons. The molecule has 0 aliphatic heterocycles. The van der Waals surface area contributed by atoms with Crippen molar-refractivity contribution in [2.45, 2.75) is 12.4 Å². The lowest BCUT2D eigenvalue weighted by Crippen LogP contribution is -2.37. The van der Waals surface area contributed by atoms with E-state index in [1.54, 1.807) is 6.92 Å². The van der Waals surface area contributed by atoms with Gasteiger partial charge in [0.05, 0.1) is 19.3 Å². The molecule has 1 rings (SSSR count). The maximum atomic E-state index is 11.7. The van der Waals surface area contributed by atoms with Gasteiger partial charge in [0.1, 0.15) is 5.50 Å². The molecular formula is C13H14ClN2O4S-. The van der Waals surface area contributed by atoms with Crippen LogP contribution in [0.1, 0.15) is 17.3 Å². The SMILES string of the molecule is CO/C=C(/C)C(=O)N[C@@H](S)Nc1cc(Cl)ccc1C(=O)[O-]. The second-order valence-electron chi connectivity index (χ2n) is 4.03. The van der Waals surface area contributed by atoms with Crippen molar-refractivity contribution in [1.29, 1.82) is 0 Å². The van der Waals surface area contributed by atoms with E-state index in [4.69, 9.17) is 16.3 Å². The summed E-state index contributed by atoms with van der Waals surface area (Å²) in [7, 11) is 1.42. The van der Waals surface area contributed by atoms with Gasteiger partial charge in [0, 0.05) is 21.8 Å². The van der Waals surface area contributed by atoms with Crippen molar-refractivity contribution >= 4 is 41.8 Å². The number of rotatable bonds is 6. The fourth-order valence-corrected chi connectivity index (χ4v) is 1.89. The van der Waals surface area contributed by atoms with Gasteiger partial charge in [-0.2, -0.15) is 0 Å². The van der Waals surface area contributed by atoms with Gasteiger partial charge in [0.2, 0.25) is 0 Å². The first kappa shape index (κ1) is 17.2. The lowest BCUT2D eigenvalue weighted by Gasteiger charge is -2.19. The second kappa shape index (κ2) is 7.80. The standard InChI is InChI=1S/C13H15ClN2O4S/c1-7(6-20-2)11(17)16-13(21)15-10-5-8(14)3-4-9(10)12(18)19/h3-6,13,15,21H,1-2H3,(H,16,17)(H,18,19)/p-1/b7-6-/t13-/m0/s1. The van der Waals surface area contributed by atoms with Crippen LogP contribution in [-0.2, 0) is 9.53 Å². The highest BCUT2D eigenvalue weighted by molar-refractivity contribution is 7.81. The van der Waals surface area contributed by atoms with Crippen LogP contribution in [0.2, 0.25) is 5.02 Å². The molecule has 1 aromatic rings. The zero-order valence-corrected chi connectivity index (χ0v) is 13.0. The molecule has 0 heterocycles. The van der Waals surface area contributed by atoms with E-state index in [1.165, 1.54) is 31.6 Å². The highest BCUT2D eigenvalue weighted by atomic mass is 35.5. The molecule has 0 fully saturated rings. The van der Waals surface area contributed by atoms with E-state index in [0.29, 0.717) is 10.6 Å². The number of hydrogen-bond donors (Lipinski definition) is 3. The molecular weight excluding hydrogens is 316 g/mol. The van der Waals surface area contributed by atoms with Crippen LogP contribution in [-0.4, -0.2) is 24.5 Å². The number of benzene rings is 1. The smallest absolute Gasteiger partial charge is 0.252 e. The monoisotopic (exact) mass is 329 g/mol. The van der Waals surface area contributed by atoms with Crippen LogP contribution < -0.4 is 15.7 Å². The number of carbonyl (C=O) groups excluding carboxylic acids is 2. The summed E-state index contributed by atoms with van der Waals surface area (Å²) >= 11 is 9.94. The number of thiol groups is 1. The fraction of sp³-hybridized carbons (Fsp3) is 0.231. The zero-order chi connectivity index (χ0) is 16.0. The third-order valence-corrected chi connectivity index (χ3v) is 2.91. The lowest BCUT2D eigenvalue weighted by atomic mass is 10.2. The van der Waals surface area contributed by atoms with Crippen molar-refractivity contribution in [3.05, 3.63) is 40.6 Å². The normalized spacial score (nSPS) is 12.5. The van der Waals surface area contributed by atoms with Crippen LogP contribution in [0.4, 0.5) is 5.69 Å². The maximum absolute atomic E-state index is 11.7. The molecule has 0 spiro atoms. The van der Waals surface area contributed by atoms with Crippen molar-refractivity contribution in [3.63, 3.8) is 0 Å². The Morgan fingerprint density at radius 1 is 1.48 bits per heavy atom. The molecule has 0 aliphatic carbocycles. The van der Waals surface area contributed by atoms with Gasteiger partial charge in [-0.15, -0.1) is 12.6 Å². The summed E-state index contributed by atoms with van der Waals surface area (Å²) in [6, 6.07) is 4.13. The van der Waals surface area contributed by atoms with Crippen LogP contribution in [0, 0.1) is 0 Å². The Balaban J connectivity index is 2.82. The van der Waals surface area contributed by atoms with Gasteiger partial charge in [-0.25, -0.2) is 0 Å². The molecule has 0 bridgehead atoms. The molecule has 6 nitrogen and oxygen atoms in total. The Labute approximate surface area is 132 Å². The minimum absolute atomic E-state index is 0.0862. The average Bonchev–Trinajstić information content (AvgIpc) is 2.38. The van der Waals surface area contributed by atoms with E-state index in [9.17, 15) is 14.7 Å². The topological polar surface area (TPSA) is 90.5 Å². The molecule has 0 saturated carbocycles. The van der Waals surface area contributed by atoms with E-state index >= 15 is 0 Å². The summed E-state index contributed by atoms with van der Waals surface area (Å²) in [6.07, 6.45) is 1.28. The van der Waals surface area contributed by atoms with Crippen LogP contribution >= 0.6 is 24.2 Å². The molecule has 0 aromatic heterocycles. The van der Waals surface area contributed by atoms with E-state index in [2.05, 4.69) is 23.3 Å². The molecule has 0 aliphatic rings.